The van der Waals surface area contributed by atoms with Gasteiger partial charge in [-0.25, -0.2) is 0 Å². The standard InChI is InChI=1S/C17H27NO/c1-4-5-6-8-11-15(2)14-17(19)18(3)16-12-9-7-10-13-16/h7,9-10,12-13,15H,4-6,8,11,14H2,1-3H3/t15-/m0/s1. The number of hydrogen-bond donors (Lipinski definition) is 0. The van der Waals surface area contributed by atoms with Crippen molar-refractivity contribution in [2.45, 2.75) is 52.4 Å². The molecular formula is C17H27NO. The van der Waals surface area contributed by atoms with Gasteiger partial charge >= 0.3 is 0 Å². The molecule has 0 aromatic heterocycles. The van der Waals surface area contributed by atoms with Crippen molar-refractivity contribution in [1.82, 2.24) is 0 Å². The van der Waals surface area contributed by atoms with Crippen molar-refractivity contribution in [3.63, 3.8) is 0 Å². The lowest BCUT2D eigenvalue weighted by molar-refractivity contribution is -0.119. The molecule has 0 fully saturated rings. The number of unbranched alkanes of at least 4 members (excludes halogenated alkanes) is 3. The topological polar surface area (TPSA) is 20.3 Å². The molecule has 0 aliphatic heterocycles. The second kappa shape index (κ2) is 8.73. The van der Waals surface area contributed by atoms with Crippen molar-refractivity contribution >= 4 is 11.6 Å². The molecule has 0 heterocycles. The van der Waals surface area contributed by atoms with Crippen LogP contribution in [-0.2, 0) is 4.79 Å². The van der Waals surface area contributed by atoms with Crippen molar-refractivity contribution in [2.24, 2.45) is 5.92 Å². The summed E-state index contributed by atoms with van der Waals surface area (Å²) in [5, 5.41) is 0. The Bertz CT molecular complexity index is 361. The number of anilines is 1. The summed E-state index contributed by atoms with van der Waals surface area (Å²) >= 11 is 0. The van der Waals surface area contributed by atoms with Crippen LogP contribution in [0, 0.1) is 5.92 Å². The van der Waals surface area contributed by atoms with Gasteiger partial charge in [-0.05, 0) is 18.1 Å². The Kier molecular flexibility index (Phi) is 7.24. The smallest absolute Gasteiger partial charge is 0.226 e. The van der Waals surface area contributed by atoms with E-state index >= 15 is 0 Å². The lowest BCUT2D eigenvalue weighted by Crippen LogP contribution is -2.27. The number of amides is 1. The average molecular weight is 261 g/mol. The van der Waals surface area contributed by atoms with Gasteiger partial charge in [0, 0.05) is 19.2 Å². The zero-order valence-electron chi connectivity index (χ0n) is 12.6. The van der Waals surface area contributed by atoms with Crippen LogP contribution in [-0.4, -0.2) is 13.0 Å². The van der Waals surface area contributed by atoms with Crippen molar-refractivity contribution < 1.29 is 4.79 Å². The summed E-state index contributed by atoms with van der Waals surface area (Å²) in [5.41, 5.74) is 0.977. The molecule has 0 bridgehead atoms. The van der Waals surface area contributed by atoms with E-state index in [1.807, 2.05) is 37.4 Å². The fourth-order valence-corrected chi connectivity index (χ4v) is 2.25. The third-order valence-electron chi connectivity index (χ3n) is 3.59. The second-order valence-corrected chi connectivity index (χ2v) is 5.45. The molecule has 1 amide bonds. The van der Waals surface area contributed by atoms with Crippen LogP contribution < -0.4 is 4.90 Å². The highest BCUT2D eigenvalue weighted by molar-refractivity contribution is 5.92. The van der Waals surface area contributed by atoms with E-state index in [0.29, 0.717) is 12.3 Å². The quantitative estimate of drug-likeness (QED) is 0.624. The van der Waals surface area contributed by atoms with Crippen LogP contribution in [0.4, 0.5) is 5.69 Å². The molecule has 0 unspecified atom stereocenters. The first-order valence-corrected chi connectivity index (χ1v) is 7.46. The maximum atomic E-state index is 12.2. The molecule has 0 aliphatic rings. The highest BCUT2D eigenvalue weighted by Crippen LogP contribution is 2.18. The fraction of sp³-hybridized carbons (Fsp3) is 0.588. The van der Waals surface area contributed by atoms with Gasteiger partial charge in [-0.3, -0.25) is 4.79 Å². The average Bonchev–Trinajstić information content (AvgIpc) is 2.43. The summed E-state index contributed by atoms with van der Waals surface area (Å²) in [6, 6.07) is 9.85. The first-order chi connectivity index (χ1) is 9.15. The third-order valence-corrected chi connectivity index (χ3v) is 3.59. The Balaban J connectivity index is 2.33. The lowest BCUT2D eigenvalue weighted by Gasteiger charge is -2.19. The molecule has 2 nitrogen and oxygen atoms in total. The highest BCUT2D eigenvalue weighted by Gasteiger charge is 2.14. The Morgan fingerprint density at radius 2 is 1.84 bits per heavy atom. The molecule has 0 radical (unpaired) electrons. The summed E-state index contributed by atoms with van der Waals surface area (Å²) in [7, 11) is 1.86. The molecule has 1 aromatic rings. The maximum absolute atomic E-state index is 12.2. The largest absolute Gasteiger partial charge is 0.315 e. The van der Waals surface area contributed by atoms with Crippen LogP contribution in [0.25, 0.3) is 0 Å². The third kappa shape index (κ3) is 5.91. The van der Waals surface area contributed by atoms with Crippen LogP contribution in [0.5, 0.6) is 0 Å². The van der Waals surface area contributed by atoms with E-state index in [1.54, 1.807) is 4.90 Å². The first-order valence-electron chi connectivity index (χ1n) is 7.46. The number of nitrogens with zero attached hydrogens (tertiary/aromatic N) is 1. The molecule has 0 N–H and O–H groups in total. The van der Waals surface area contributed by atoms with Crippen LogP contribution in [0.3, 0.4) is 0 Å². The number of benzene rings is 1. The van der Waals surface area contributed by atoms with Gasteiger partial charge < -0.3 is 4.90 Å². The van der Waals surface area contributed by atoms with Gasteiger partial charge in [-0.2, -0.15) is 0 Å². The van der Waals surface area contributed by atoms with Gasteiger partial charge in [-0.15, -0.1) is 0 Å². The Hall–Kier alpha value is -1.31. The molecule has 2 heteroatoms. The molecular weight excluding hydrogens is 234 g/mol. The predicted octanol–water partition coefficient (Wildman–Crippen LogP) is 4.65. The van der Waals surface area contributed by atoms with Gasteiger partial charge in [0.1, 0.15) is 0 Å². The summed E-state index contributed by atoms with van der Waals surface area (Å²) in [4.78, 5) is 13.9. The predicted molar refractivity (Wildman–Crippen MR) is 82.4 cm³/mol. The van der Waals surface area contributed by atoms with Gasteiger partial charge in [0.05, 0.1) is 0 Å². The van der Waals surface area contributed by atoms with Crippen molar-refractivity contribution in [3.05, 3.63) is 30.3 Å². The monoisotopic (exact) mass is 261 g/mol. The van der Waals surface area contributed by atoms with Crippen molar-refractivity contribution in [2.75, 3.05) is 11.9 Å². The summed E-state index contributed by atoms with van der Waals surface area (Å²) in [6.45, 7) is 4.41. The highest BCUT2D eigenvalue weighted by atomic mass is 16.2. The molecule has 1 rings (SSSR count). The van der Waals surface area contributed by atoms with E-state index in [4.69, 9.17) is 0 Å². The van der Waals surface area contributed by atoms with Crippen LogP contribution in [0.1, 0.15) is 52.4 Å². The summed E-state index contributed by atoms with van der Waals surface area (Å²) in [5.74, 6) is 0.699. The molecule has 19 heavy (non-hydrogen) atoms. The van der Waals surface area contributed by atoms with Crippen LogP contribution in [0.15, 0.2) is 30.3 Å². The first kappa shape index (κ1) is 15.7. The number of carbonyl (C=O) groups excluding carboxylic acids is 1. The fourth-order valence-electron chi connectivity index (χ4n) is 2.25. The molecule has 0 spiro atoms. The van der Waals surface area contributed by atoms with E-state index in [2.05, 4.69) is 13.8 Å². The normalized spacial score (nSPS) is 12.2. The number of carbonyl (C=O) groups is 1. The van der Waals surface area contributed by atoms with E-state index in [-0.39, 0.29) is 5.91 Å². The Labute approximate surface area is 117 Å². The van der Waals surface area contributed by atoms with Crippen molar-refractivity contribution in [3.8, 4) is 0 Å². The molecule has 1 atom stereocenters. The van der Waals surface area contributed by atoms with Gasteiger partial charge in [0.25, 0.3) is 0 Å². The van der Waals surface area contributed by atoms with E-state index in [0.717, 1.165) is 12.1 Å². The second-order valence-electron chi connectivity index (χ2n) is 5.45. The minimum Gasteiger partial charge on any atom is -0.315 e. The minimum absolute atomic E-state index is 0.217. The van der Waals surface area contributed by atoms with E-state index < -0.39 is 0 Å². The van der Waals surface area contributed by atoms with Gasteiger partial charge in [-0.1, -0.05) is 64.2 Å². The molecule has 1 aromatic carbocycles. The molecule has 0 saturated heterocycles. The number of rotatable bonds is 8. The lowest BCUT2D eigenvalue weighted by atomic mass is 9.99. The van der Waals surface area contributed by atoms with Gasteiger partial charge in [0.15, 0.2) is 0 Å². The number of para-hydroxylation sites is 1. The van der Waals surface area contributed by atoms with E-state index in [1.165, 1.54) is 25.7 Å². The van der Waals surface area contributed by atoms with E-state index in [9.17, 15) is 4.79 Å². The number of hydrogen-bond acceptors (Lipinski definition) is 1. The minimum atomic E-state index is 0.217. The summed E-state index contributed by atoms with van der Waals surface area (Å²) < 4.78 is 0. The molecule has 0 aliphatic carbocycles. The summed E-state index contributed by atoms with van der Waals surface area (Å²) in [6.07, 6.45) is 6.93. The Morgan fingerprint density at radius 3 is 2.47 bits per heavy atom. The molecule has 0 saturated carbocycles. The van der Waals surface area contributed by atoms with Crippen LogP contribution in [0.2, 0.25) is 0 Å². The van der Waals surface area contributed by atoms with Crippen molar-refractivity contribution in [1.29, 1.82) is 0 Å². The SMILES string of the molecule is CCCCCC[C@H](C)CC(=O)N(C)c1ccccc1. The maximum Gasteiger partial charge on any atom is 0.226 e. The molecule has 106 valence electrons. The van der Waals surface area contributed by atoms with Gasteiger partial charge in [0.2, 0.25) is 5.91 Å². The van der Waals surface area contributed by atoms with Crippen LogP contribution >= 0.6 is 0 Å². The zero-order chi connectivity index (χ0) is 14.1. The zero-order valence-corrected chi connectivity index (χ0v) is 12.6. The Morgan fingerprint density at radius 1 is 1.16 bits per heavy atom.